The van der Waals surface area contributed by atoms with Crippen molar-refractivity contribution in [3.8, 4) is 11.5 Å². The zero-order valence-electron chi connectivity index (χ0n) is 20.3. The molecular formula is C23H26N2O9S2. The van der Waals surface area contributed by atoms with E-state index in [9.17, 15) is 31.2 Å². The molecule has 0 aromatic heterocycles. The quantitative estimate of drug-likeness (QED) is 0.415. The number of hydrogen-bond acceptors (Lipinski definition) is 9. The van der Waals surface area contributed by atoms with Gasteiger partial charge in [0.25, 0.3) is 11.8 Å². The second kappa shape index (κ2) is 9.90. The summed E-state index contributed by atoms with van der Waals surface area (Å²) in [5, 5.41) is 0. The molecule has 1 heterocycles. The minimum atomic E-state index is -4.39. The molecule has 11 nitrogen and oxygen atoms in total. The molecule has 0 radical (unpaired) electrons. The molecule has 1 aliphatic rings. The number of fused-ring (bicyclic) bond motifs is 1. The van der Waals surface area contributed by atoms with Crippen LogP contribution in [0.25, 0.3) is 0 Å². The highest BCUT2D eigenvalue weighted by Crippen LogP contribution is 2.41. The molecule has 1 unspecified atom stereocenters. The average Bonchev–Trinajstić information content (AvgIpc) is 3.01. The number of ketones is 1. The lowest BCUT2D eigenvalue weighted by molar-refractivity contribution is -0.117. The number of imide groups is 1. The lowest BCUT2D eigenvalue weighted by Crippen LogP contribution is -2.37. The van der Waals surface area contributed by atoms with Crippen LogP contribution in [-0.4, -0.2) is 65.6 Å². The largest absolute Gasteiger partial charge is 0.493 e. The van der Waals surface area contributed by atoms with Crippen LogP contribution in [0.5, 0.6) is 11.5 Å². The Kier molecular flexibility index (Phi) is 7.46. The zero-order valence-corrected chi connectivity index (χ0v) is 22.0. The first-order valence-electron chi connectivity index (χ1n) is 10.7. The van der Waals surface area contributed by atoms with E-state index in [-0.39, 0.29) is 27.0 Å². The van der Waals surface area contributed by atoms with Crippen molar-refractivity contribution in [3.63, 3.8) is 0 Å². The Morgan fingerprint density at radius 3 is 2.17 bits per heavy atom. The molecule has 3 rings (SSSR count). The highest BCUT2D eigenvalue weighted by Gasteiger charge is 2.45. The van der Waals surface area contributed by atoms with Crippen LogP contribution in [0.1, 0.15) is 52.6 Å². The number of ether oxygens (including phenoxy) is 2. The molecule has 2 aromatic carbocycles. The third-order valence-electron chi connectivity index (χ3n) is 5.39. The number of amides is 2. The van der Waals surface area contributed by atoms with E-state index in [1.807, 2.05) is 0 Å². The average molecular weight is 539 g/mol. The minimum absolute atomic E-state index is 0.119. The number of carbonyl (C=O) groups excluding carboxylic acids is 3. The van der Waals surface area contributed by atoms with Crippen LogP contribution in [0.4, 0.5) is 5.69 Å². The van der Waals surface area contributed by atoms with E-state index in [2.05, 4.69) is 0 Å². The highest BCUT2D eigenvalue weighted by molar-refractivity contribution is 8.09. The van der Waals surface area contributed by atoms with E-state index in [1.54, 1.807) is 25.1 Å². The molecule has 1 aliphatic heterocycles. The van der Waals surface area contributed by atoms with E-state index < -0.39 is 43.6 Å². The zero-order chi connectivity index (χ0) is 27.0. The SMILES string of the molecule is CCOc1cc(C(CC(C)=O)N2C(=O)c3cccc(N(S(C)(=O)=O)S(C)(=O)=O)c3C2=O)ccc1OC. The van der Waals surface area contributed by atoms with Gasteiger partial charge in [0.2, 0.25) is 20.0 Å². The molecule has 0 aliphatic carbocycles. The Hall–Kier alpha value is -3.45. The second-order valence-corrected chi connectivity index (χ2v) is 12.1. The molecule has 0 saturated carbocycles. The summed E-state index contributed by atoms with van der Waals surface area (Å²) in [5.41, 5.74) is -0.634. The second-order valence-electron chi connectivity index (χ2n) is 8.17. The van der Waals surface area contributed by atoms with Crippen molar-refractivity contribution >= 4 is 43.3 Å². The first-order chi connectivity index (χ1) is 16.7. The standard InChI is InChI=1S/C23H26N2O9S2/c1-6-34-20-13-15(10-11-19(20)33-3)18(12-14(2)26)24-22(27)16-8-7-9-17(21(16)23(24)28)25(35(4,29)30)36(5,31)32/h7-11,13,18H,6,12H2,1-5H3. The summed E-state index contributed by atoms with van der Waals surface area (Å²) in [4.78, 5) is 40.1. The van der Waals surface area contributed by atoms with Crippen molar-refractivity contribution in [2.24, 2.45) is 0 Å². The van der Waals surface area contributed by atoms with E-state index in [0.29, 0.717) is 36.2 Å². The van der Waals surface area contributed by atoms with E-state index in [0.717, 1.165) is 11.0 Å². The smallest absolute Gasteiger partial charge is 0.264 e. The van der Waals surface area contributed by atoms with Gasteiger partial charge in [-0.25, -0.2) is 16.8 Å². The number of sulfonamides is 2. The van der Waals surface area contributed by atoms with Crippen LogP contribution >= 0.6 is 0 Å². The maximum absolute atomic E-state index is 13.6. The lowest BCUT2D eigenvalue weighted by atomic mass is 9.99. The van der Waals surface area contributed by atoms with E-state index in [1.165, 1.54) is 26.2 Å². The van der Waals surface area contributed by atoms with Crippen LogP contribution in [0.3, 0.4) is 0 Å². The topological polar surface area (TPSA) is 144 Å². The number of anilines is 1. The molecular weight excluding hydrogens is 512 g/mol. The summed E-state index contributed by atoms with van der Waals surface area (Å²) in [7, 11) is -7.33. The summed E-state index contributed by atoms with van der Waals surface area (Å²) in [6, 6.07) is 7.36. The van der Waals surface area contributed by atoms with Gasteiger partial charge in [0.05, 0.1) is 49.1 Å². The summed E-state index contributed by atoms with van der Waals surface area (Å²) in [6.07, 6.45) is 1.12. The molecule has 36 heavy (non-hydrogen) atoms. The van der Waals surface area contributed by atoms with Gasteiger partial charge in [-0.15, -0.1) is 0 Å². The summed E-state index contributed by atoms with van der Waals surface area (Å²) in [5.74, 6) is -1.30. The lowest BCUT2D eigenvalue weighted by Gasteiger charge is -2.27. The first kappa shape index (κ1) is 27.1. The maximum Gasteiger partial charge on any atom is 0.264 e. The Labute approximate surface area is 209 Å². The van der Waals surface area contributed by atoms with Crippen molar-refractivity contribution in [2.75, 3.05) is 29.9 Å². The number of rotatable bonds is 10. The van der Waals surface area contributed by atoms with Crippen LogP contribution in [0.15, 0.2) is 36.4 Å². The van der Waals surface area contributed by atoms with Gasteiger partial charge in [0.15, 0.2) is 11.5 Å². The van der Waals surface area contributed by atoms with Gasteiger partial charge >= 0.3 is 0 Å². The molecule has 0 saturated heterocycles. The summed E-state index contributed by atoms with van der Waals surface area (Å²) >= 11 is 0. The Balaban J connectivity index is 2.21. The molecule has 194 valence electrons. The molecule has 0 N–H and O–H groups in total. The highest BCUT2D eigenvalue weighted by atomic mass is 32.3. The van der Waals surface area contributed by atoms with Crippen molar-refractivity contribution in [1.82, 2.24) is 4.90 Å². The van der Waals surface area contributed by atoms with Crippen LogP contribution in [-0.2, 0) is 24.8 Å². The van der Waals surface area contributed by atoms with Gasteiger partial charge in [-0.1, -0.05) is 12.1 Å². The molecule has 0 spiro atoms. The van der Waals surface area contributed by atoms with Crippen LogP contribution < -0.4 is 13.2 Å². The third-order valence-corrected chi connectivity index (χ3v) is 8.61. The van der Waals surface area contributed by atoms with Gasteiger partial charge in [0.1, 0.15) is 5.78 Å². The monoisotopic (exact) mass is 538 g/mol. The molecule has 0 bridgehead atoms. The minimum Gasteiger partial charge on any atom is -0.493 e. The van der Waals surface area contributed by atoms with E-state index >= 15 is 0 Å². The molecule has 1 atom stereocenters. The summed E-state index contributed by atoms with van der Waals surface area (Å²) in [6.45, 7) is 3.37. The predicted molar refractivity (Wildman–Crippen MR) is 131 cm³/mol. The number of nitrogens with zero attached hydrogens (tertiary/aromatic N) is 2. The number of carbonyl (C=O) groups is 3. The molecule has 13 heteroatoms. The molecule has 0 fully saturated rings. The van der Waals surface area contributed by atoms with Gasteiger partial charge in [-0.2, -0.15) is 3.71 Å². The number of methoxy groups -OCH3 is 1. The van der Waals surface area contributed by atoms with Crippen LogP contribution in [0, 0.1) is 0 Å². The summed E-state index contributed by atoms with van der Waals surface area (Å²) < 4.78 is 60.5. The Bertz CT molecular complexity index is 1420. The molecule has 2 aromatic rings. The maximum atomic E-state index is 13.6. The normalized spacial score (nSPS) is 14.4. The molecule has 2 amide bonds. The first-order valence-corrected chi connectivity index (χ1v) is 14.4. The number of benzene rings is 2. The number of Topliss-reactive ketones (excluding diaryl/α,β-unsaturated/α-hetero) is 1. The fraction of sp³-hybridized carbons (Fsp3) is 0.348. The Morgan fingerprint density at radius 1 is 1.00 bits per heavy atom. The van der Waals surface area contributed by atoms with Gasteiger partial charge in [-0.05, 0) is 43.7 Å². The predicted octanol–water partition coefficient (Wildman–Crippen LogP) is 2.14. The van der Waals surface area contributed by atoms with Gasteiger partial charge in [-0.3, -0.25) is 19.3 Å². The van der Waals surface area contributed by atoms with E-state index in [4.69, 9.17) is 9.47 Å². The third kappa shape index (κ3) is 5.07. The number of hydrogen-bond donors (Lipinski definition) is 0. The Morgan fingerprint density at radius 2 is 1.64 bits per heavy atom. The fourth-order valence-electron chi connectivity index (χ4n) is 4.12. The van der Waals surface area contributed by atoms with Crippen molar-refractivity contribution < 1.29 is 40.7 Å². The van der Waals surface area contributed by atoms with Gasteiger partial charge in [0, 0.05) is 6.42 Å². The fourth-order valence-corrected chi connectivity index (χ4v) is 7.11. The van der Waals surface area contributed by atoms with Crippen molar-refractivity contribution in [3.05, 3.63) is 53.1 Å². The van der Waals surface area contributed by atoms with Crippen molar-refractivity contribution in [1.29, 1.82) is 0 Å². The van der Waals surface area contributed by atoms with Gasteiger partial charge < -0.3 is 9.47 Å². The van der Waals surface area contributed by atoms with Crippen LogP contribution in [0.2, 0.25) is 0 Å². The van der Waals surface area contributed by atoms with Crippen molar-refractivity contribution in [2.45, 2.75) is 26.3 Å².